The number of hydrogen-bond acceptors (Lipinski definition) is 4. The Balaban J connectivity index is 2.31. The van der Waals surface area contributed by atoms with E-state index < -0.39 is 27.4 Å². The van der Waals surface area contributed by atoms with Crippen molar-refractivity contribution in [1.82, 2.24) is 4.72 Å². The molecule has 2 N–H and O–H groups in total. The van der Waals surface area contributed by atoms with Gasteiger partial charge in [0, 0.05) is 0 Å². The van der Waals surface area contributed by atoms with Crippen molar-refractivity contribution in [2.45, 2.75) is 31.7 Å². The van der Waals surface area contributed by atoms with Crippen molar-refractivity contribution < 1.29 is 23.1 Å². The molecule has 1 fully saturated rings. The van der Waals surface area contributed by atoms with Gasteiger partial charge in [0.05, 0.1) is 24.2 Å². The number of nitrogens with one attached hydrogen (secondary N) is 1. The first-order chi connectivity index (χ1) is 9.65. The van der Waals surface area contributed by atoms with E-state index in [2.05, 4.69) is 4.72 Å². The van der Waals surface area contributed by atoms with E-state index in [0.29, 0.717) is 0 Å². The predicted octanol–water partition coefficient (Wildman–Crippen LogP) is 1.07. The molecule has 1 aliphatic heterocycles. The number of aryl methyl sites for hydroxylation is 2. The van der Waals surface area contributed by atoms with Crippen LogP contribution < -0.4 is 4.72 Å². The largest absolute Gasteiger partial charge is 0.481 e. The SMILES string of the molecule is Cc1cc(C)cc(S(=O)(=O)NC2COCC2(C)C(=O)O)c1. The number of benzene rings is 1. The molecule has 1 saturated heterocycles. The molecule has 1 aliphatic rings. The summed E-state index contributed by atoms with van der Waals surface area (Å²) < 4.78 is 32.5. The molecule has 0 amide bonds. The zero-order valence-corrected chi connectivity index (χ0v) is 13.0. The second kappa shape index (κ2) is 5.40. The summed E-state index contributed by atoms with van der Waals surface area (Å²) in [4.78, 5) is 11.5. The van der Waals surface area contributed by atoms with Crippen LogP contribution in [-0.4, -0.2) is 38.7 Å². The van der Waals surface area contributed by atoms with Crippen LogP contribution >= 0.6 is 0 Å². The number of carboxylic acid groups (broad SMARTS) is 1. The van der Waals surface area contributed by atoms with Crippen LogP contribution in [0.4, 0.5) is 0 Å². The molecule has 0 bridgehead atoms. The average Bonchev–Trinajstić information content (AvgIpc) is 2.70. The molecule has 2 atom stereocenters. The van der Waals surface area contributed by atoms with E-state index in [1.807, 2.05) is 19.9 Å². The lowest BCUT2D eigenvalue weighted by atomic mass is 9.86. The number of carboxylic acids is 1. The lowest BCUT2D eigenvalue weighted by Crippen LogP contribution is -2.49. The van der Waals surface area contributed by atoms with Gasteiger partial charge in [0.1, 0.15) is 5.41 Å². The first-order valence-corrected chi connectivity index (χ1v) is 8.05. The summed E-state index contributed by atoms with van der Waals surface area (Å²) in [5.41, 5.74) is 0.407. The molecule has 116 valence electrons. The van der Waals surface area contributed by atoms with Gasteiger partial charge >= 0.3 is 5.97 Å². The highest BCUT2D eigenvalue weighted by molar-refractivity contribution is 7.89. The van der Waals surface area contributed by atoms with E-state index in [0.717, 1.165) is 11.1 Å². The van der Waals surface area contributed by atoms with Crippen molar-refractivity contribution >= 4 is 16.0 Å². The second-order valence-electron chi connectivity index (χ2n) is 5.74. The molecule has 1 aromatic carbocycles. The summed E-state index contributed by atoms with van der Waals surface area (Å²) in [5.74, 6) is -1.08. The van der Waals surface area contributed by atoms with Crippen molar-refractivity contribution in [1.29, 1.82) is 0 Å². The number of hydrogen-bond donors (Lipinski definition) is 2. The Morgan fingerprint density at radius 2 is 1.90 bits per heavy atom. The number of sulfonamides is 1. The molecule has 2 unspecified atom stereocenters. The van der Waals surface area contributed by atoms with E-state index in [1.54, 1.807) is 12.1 Å². The van der Waals surface area contributed by atoms with E-state index >= 15 is 0 Å². The highest BCUT2D eigenvalue weighted by Crippen LogP contribution is 2.30. The molecule has 6 nitrogen and oxygen atoms in total. The zero-order chi connectivity index (χ0) is 15.8. The topological polar surface area (TPSA) is 92.7 Å². The lowest BCUT2D eigenvalue weighted by molar-refractivity contribution is -0.148. The van der Waals surface area contributed by atoms with Gasteiger partial charge in [0.15, 0.2) is 0 Å². The van der Waals surface area contributed by atoms with Crippen molar-refractivity contribution in [3.05, 3.63) is 29.3 Å². The third kappa shape index (κ3) is 3.09. The Labute approximate surface area is 124 Å². The normalized spacial score (nSPS) is 26.0. The highest BCUT2D eigenvalue weighted by Gasteiger charge is 2.48. The van der Waals surface area contributed by atoms with Gasteiger partial charge in [0.2, 0.25) is 10.0 Å². The molecule has 0 saturated carbocycles. The molecule has 0 spiro atoms. The minimum atomic E-state index is -3.79. The quantitative estimate of drug-likeness (QED) is 0.867. The first-order valence-electron chi connectivity index (χ1n) is 6.57. The molecular formula is C14H19NO5S. The number of ether oxygens (including phenoxy) is 1. The molecule has 2 rings (SSSR count). The van der Waals surface area contributed by atoms with Gasteiger partial charge in [-0.25, -0.2) is 13.1 Å². The van der Waals surface area contributed by atoms with Crippen LogP contribution in [0.25, 0.3) is 0 Å². The minimum absolute atomic E-state index is 0.0115. The summed E-state index contributed by atoms with van der Waals surface area (Å²) in [6.45, 7) is 5.14. The van der Waals surface area contributed by atoms with E-state index in [4.69, 9.17) is 4.74 Å². The summed E-state index contributed by atoms with van der Waals surface area (Å²) in [6.07, 6.45) is 0. The molecule has 0 radical (unpaired) electrons. The van der Waals surface area contributed by atoms with Gasteiger partial charge in [-0.15, -0.1) is 0 Å². The lowest BCUT2D eigenvalue weighted by Gasteiger charge is -2.25. The monoisotopic (exact) mass is 313 g/mol. The third-order valence-corrected chi connectivity index (χ3v) is 5.20. The Bertz CT molecular complexity index is 650. The maximum Gasteiger partial charge on any atom is 0.313 e. The fraction of sp³-hybridized carbons (Fsp3) is 0.500. The van der Waals surface area contributed by atoms with Crippen molar-refractivity contribution in [3.63, 3.8) is 0 Å². The third-order valence-electron chi connectivity index (χ3n) is 3.75. The summed E-state index contributed by atoms with van der Waals surface area (Å²) in [5, 5.41) is 9.28. The predicted molar refractivity (Wildman–Crippen MR) is 76.6 cm³/mol. The van der Waals surface area contributed by atoms with Gasteiger partial charge in [-0.1, -0.05) is 6.07 Å². The van der Waals surface area contributed by atoms with Crippen LogP contribution in [0.1, 0.15) is 18.1 Å². The van der Waals surface area contributed by atoms with E-state index in [1.165, 1.54) is 6.92 Å². The van der Waals surface area contributed by atoms with Crippen molar-refractivity contribution in [2.24, 2.45) is 5.41 Å². The maximum atomic E-state index is 12.4. The van der Waals surface area contributed by atoms with E-state index in [9.17, 15) is 18.3 Å². The van der Waals surface area contributed by atoms with Crippen LogP contribution in [0.3, 0.4) is 0 Å². The molecule has 0 aliphatic carbocycles. The molecule has 7 heteroatoms. The summed E-state index contributed by atoms with van der Waals surface area (Å²) in [6, 6.07) is 4.20. The Hall–Kier alpha value is -1.44. The standard InChI is InChI=1S/C14H19NO5S/c1-9-4-10(2)6-11(5-9)21(18,19)15-12-7-20-8-14(12,3)13(16)17/h4-6,12,15H,7-8H2,1-3H3,(H,16,17). The van der Waals surface area contributed by atoms with Gasteiger partial charge in [0.25, 0.3) is 0 Å². The van der Waals surface area contributed by atoms with Gasteiger partial charge < -0.3 is 9.84 Å². The molecule has 1 heterocycles. The Morgan fingerprint density at radius 3 is 2.43 bits per heavy atom. The van der Waals surface area contributed by atoms with Crippen LogP contribution in [0.15, 0.2) is 23.1 Å². The number of aliphatic carboxylic acids is 1. The second-order valence-corrected chi connectivity index (χ2v) is 7.45. The van der Waals surface area contributed by atoms with Crippen molar-refractivity contribution in [2.75, 3.05) is 13.2 Å². The van der Waals surface area contributed by atoms with Crippen LogP contribution in [0.5, 0.6) is 0 Å². The fourth-order valence-electron chi connectivity index (χ4n) is 2.39. The van der Waals surface area contributed by atoms with Crippen LogP contribution in [0.2, 0.25) is 0 Å². The van der Waals surface area contributed by atoms with Crippen LogP contribution in [0, 0.1) is 19.3 Å². The molecule has 1 aromatic rings. The fourth-order valence-corrected chi connectivity index (χ4v) is 3.91. The van der Waals surface area contributed by atoms with Gasteiger partial charge in [-0.3, -0.25) is 4.79 Å². The molecular weight excluding hydrogens is 294 g/mol. The average molecular weight is 313 g/mol. The number of rotatable bonds is 4. The Kier molecular flexibility index (Phi) is 4.10. The maximum absolute atomic E-state index is 12.4. The minimum Gasteiger partial charge on any atom is -0.481 e. The summed E-state index contributed by atoms with van der Waals surface area (Å²) >= 11 is 0. The van der Waals surface area contributed by atoms with Gasteiger partial charge in [-0.05, 0) is 44.0 Å². The summed E-state index contributed by atoms with van der Waals surface area (Å²) in [7, 11) is -3.79. The van der Waals surface area contributed by atoms with Crippen LogP contribution in [-0.2, 0) is 19.6 Å². The zero-order valence-electron chi connectivity index (χ0n) is 12.2. The van der Waals surface area contributed by atoms with E-state index in [-0.39, 0.29) is 18.1 Å². The Morgan fingerprint density at radius 1 is 1.33 bits per heavy atom. The highest BCUT2D eigenvalue weighted by atomic mass is 32.2. The number of carbonyl (C=O) groups is 1. The van der Waals surface area contributed by atoms with Crippen molar-refractivity contribution in [3.8, 4) is 0 Å². The molecule has 21 heavy (non-hydrogen) atoms. The smallest absolute Gasteiger partial charge is 0.313 e. The first kappa shape index (κ1) is 15.9. The van der Waals surface area contributed by atoms with Gasteiger partial charge in [-0.2, -0.15) is 0 Å². The molecule has 0 aromatic heterocycles.